The van der Waals surface area contributed by atoms with Gasteiger partial charge in [0.2, 0.25) is 0 Å². The molecule has 0 fully saturated rings. The van der Waals surface area contributed by atoms with Crippen molar-refractivity contribution in [3.63, 3.8) is 0 Å². The molecular formula is C20H18BrN3O3. The maximum atomic E-state index is 12.7. The first-order valence-corrected chi connectivity index (χ1v) is 9.33. The summed E-state index contributed by atoms with van der Waals surface area (Å²) in [6, 6.07) is 11.4. The fraction of sp³-hybridized carbons (Fsp3) is 0.200. The molecule has 138 valence electrons. The van der Waals surface area contributed by atoms with E-state index in [1.54, 1.807) is 13.2 Å². The number of halogens is 1. The number of aromatic nitrogens is 2. The maximum absolute atomic E-state index is 12.7. The largest absolute Gasteiger partial charge is 0.495 e. The first-order chi connectivity index (χ1) is 13.0. The number of furan rings is 1. The number of nitrogens with zero attached hydrogens (tertiary/aromatic N) is 1. The van der Waals surface area contributed by atoms with Gasteiger partial charge in [-0.3, -0.25) is 9.89 Å². The van der Waals surface area contributed by atoms with Crippen LogP contribution < -0.4 is 10.1 Å². The highest BCUT2D eigenvalue weighted by atomic mass is 79.9. The van der Waals surface area contributed by atoms with Crippen LogP contribution in [0.4, 0.5) is 5.69 Å². The monoisotopic (exact) mass is 427 g/mol. The zero-order chi connectivity index (χ0) is 19.1. The molecule has 0 saturated heterocycles. The highest BCUT2D eigenvalue weighted by Gasteiger charge is 2.21. The summed E-state index contributed by atoms with van der Waals surface area (Å²) in [4.78, 5) is 12.7. The molecule has 0 radical (unpaired) electrons. The zero-order valence-electron chi connectivity index (χ0n) is 15.1. The van der Waals surface area contributed by atoms with Crippen LogP contribution in [0, 0.1) is 0 Å². The number of amides is 1. The second-order valence-corrected chi connectivity index (χ2v) is 7.35. The van der Waals surface area contributed by atoms with Gasteiger partial charge in [-0.2, -0.15) is 5.10 Å². The van der Waals surface area contributed by atoms with E-state index in [1.165, 1.54) is 0 Å². The number of hydrogen-bond donors (Lipinski definition) is 2. The molecule has 1 amide bonds. The lowest BCUT2D eigenvalue weighted by molar-refractivity contribution is 0.102. The Kier molecular flexibility index (Phi) is 4.39. The van der Waals surface area contributed by atoms with E-state index < -0.39 is 0 Å². The van der Waals surface area contributed by atoms with Crippen molar-refractivity contribution in [1.82, 2.24) is 10.2 Å². The van der Waals surface area contributed by atoms with E-state index in [-0.39, 0.29) is 11.8 Å². The van der Waals surface area contributed by atoms with E-state index in [9.17, 15) is 4.79 Å². The van der Waals surface area contributed by atoms with Crippen LogP contribution in [0.5, 0.6) is 5.75 Å². The maximum Gasteiger partial charge on any atom is 0.277 e. The number of fused-ring (bicyclic) bond motifs is 3. The van der Waals surface area contributed by atoms with Crippen LogP contribution in [0.25, 0.3) is 21.9 Å². The third-order valence-corrected chi connectivity index (χ3v) is 5.27. The van der Waals surface area contributed by atoms with Gasteiger partial charge in [0.1, 0.15) is 16.9 Å². The molecule has 2 aromatic carbocycles. The summed E-state index contributed by atoms with van der Waals surface area (Å²) in [6.45, 7) is 4.05. The number of methoxy groups -OCH3 is 1. The second kappa shape index (κ2) is 6.74. The summed E-state index contributed by atoms with van der Waals surface area (Å²) in [7, 11) is 1.57. The van der Waals surface area contributed by atoms with E-state index in [0.717, 1.165) is 22.0 Å². The Morgan fingerprint density at radius 1 is 1.22 bits per heavy atom. The van der Waals surface area contributed by atoms with Gasteiger partial charge in [-0.15, -0.1) is 0 Å². The van der Waals surface area contributed by atoms with Gasteiger partial charge < -0.3 is 14.5 Å². The number of H-pyrrole nitrogens is 1. The molecule has 0 spiro atoms. The van der Waals surface area contributed by atoms with Gasteiger partial charge in [0.05, 0.1) is 23.0 Å². The van der Waals surface area contributed by atoms with Crippen molar-refractivity contribution in [3.05, 3.63) is 52.3 Å². The van der Waals surface area contributed by atoms with Crippen LogP contribution in [0.1, 0.15) is 35.9 Å². The number of carbonyl (C=O) groups is 1. The molecule has 2 N–H and O–H groups in total. The van der Waals surface area contributed by atoms with E-state index in [4.69, 9.17) is 9.15 Å². The number of aromatic amines is 1. The lowest BCUT2D eigenvalue weighted by Crippen LogP contribution is -2.13. The summed E-state index contributed by atoms with van der Waals surface area (Å²) in [5.74, 6) is 0.437. The Hall–Kier alpha value is -2.80. The molecule has 7 heteroatoms. The molecular weight excluding hydrogens is 410 g/mol. The molecule has 0 unspecified atom stereocenters. The molecule has 0 atom stereocenters. The molecule has 0 aliphatic carbocycles. The fourth-order valence-corrected chi connectivity index (χ4v) is 3.89. The molecule has 2 heterocycles. The van der Waals surface area contributed by atoms with E-state index in [1.807, 2.05) is 44.2 Å². The third kappa shape index (κ3) is 2.98. The number of ether oxygens (including phenoxy) is 1. The van der Waals surface area contributed by atoms with Crippen molar-refractivity contribution in [2.24, 2.45) is 0 Å². The molecule has 4 aromatic rings. The molecule has 2 aromatic heterocycles. The third-order valence-electron chi connectivity index (χ3n) is 4.47. The number of benzene rings is 2. The second-order valence-electron chi connectivity index (χ2n) is 6.56. The average molecular weight is 428 g/mol. The average Bonchev–Trinajstić information content (AvgIpc) is 3.21. The van der Waals surface area contributed by atoms with Gasteiger partial charge in [0, 0.05) is 16.8 Å². The predicted molar refractivity (Wildman–Crippen MR) is 109 cm³/mol. The summed E-state index contributed by atoms with van der Waals surface area (Å²) in [5.41, 5.74) is 3.16. The van der Waals surface area contributed by atoms with Gasteiger partial charge in [0.25, 0.3) is 5.91 Å². The molecule has 27 heavy (non-hydrogen) atoms. The van der Waals surface area contributed by atoms with E-state index in [0.29, 0.717) is 27.2 Å². The highest BCUT2D eigenvalue weighted by molar-refractivity contribution is 9.10. The minimum Gasteiger partial charge on any atom is -0.495 e. The highest BCUT2D eigenvalue weighted by Crippen LogP contribution is 2.36. The van der Waals surface area contributed by atoms with Crippen molar-refractivity contribution in [1.29, 1.82) is 0 Å². The van der Waals surface area contributed by atoms with Crippen molar-refractivity contribution in [2.45, 2.75) is 19.8 Å². The van der Waals surface area contributed by atoms with Crippen LogP contribution in [0.2, 0.25) is 0 Å². The van der Waals surface area contributed by atoms with Gasteiger partial charge >= 0.3 is 0 Å². The smallest absolute Gasteiger partial charge is 0.277 e. The Balaban J connectivity index is 1.75. The Bertz CT molecular complexity index is 1160. The first-order valence-electron chi connectivity index (χ1n) is 8.54. The molecule has 0 aliphatic rings. The number of nitrogens with one attached hydrogen (secondary N) is 2. The van der Waals surface area contributed by atoms with Crippen LogP contribution in [0.15, 0.2) is 45.3 Å². The fourth-order valence-electron chi connectivity index (χ4n) is 3.07. The molecule has 6 nitrogen and oxygen atoms in total. The number of carbonyl (C=O) groups excluding carboxylic acids is 1. The number of rotatable bonds is 4. The Morgan fingerprint density at radius 2 is 2.00 bits per heavy atom. The summed E-state index contributed by atoms with van der Waals surface area (Å²) < 4.78 is 12.1. The number of para-hydroxylation sites is 1. The van der Waals surface area contributed by atoms with Crippen LogP contribution in [-0.2, 0) is 0 Å². The summed E-state index contributed by atoms with van der Waals surface area (Å²) in [6.07, 6.45) is 0. The van der Waals surface area contributed by atoms with Gasteiger partial charge in [-0.1, -0.05) is 32.0 Å². The Labute approximate surface area is 164 Å². The molecule has 0 aliphatic heterocycles. The zero-order valence-corrected chi connectivity index (χ0v) is 16.7. The quantitative estimate of drug-likeness (QED) is 0.453. The molecule has 0 bridgehead atoms. The van der Waals surface area contributed by atoms with Crippen LogP contribution in [-0.4, -0.2) is 23.2 Å². The molecule has 0 saturated carbocycles. The van der Waals surface area contributed by atoms with Crippen LogP contribution >= 0.6 is 15.9 Å². The number of hydrogen-bond acceptors (Lipinski definition) is 4. The van der Waals surface area contributed by atoms with Gasteiger partial charge in [-0.25, -0.2) is 0 Å². The normalized spacial score (nSPS) is 11.4. The summed E-state index contributed by atoms with van der Waals surface area (Å²) in [5, 5.41) is 11.9. The molecule has 4 rings (SSSR count). The van der Waals surface area contributed by atoms with E-state index in [2.05, 4.69) is 31.4 Å². The summed E-state index contributed by atoms with van der Waals surface area (Å²) >= 11 is 3.46. The first kappa shape index (κ1) is 17.6. The minimum absolute atomic E-state index is 0.217. The topological polar surface area (TPSA) is 80.1 Å². The van der Waals surface area contributed by atoms with Crippen molar-refractivity contribution >= 4 is 49.5 Å². The van der Waals surface area contributed by atoms with Crippen LogP contribution in [0.3, 0.4) is 0 Å². The predicted octanol–water partition coefficient (Wildman–Crippen LogP) is 5.46. The van der Waals surface area contributed by atoms with Crippen molar-refractivity contribution in [3.8, 4) is 5.75 Å². The van der Waals surface area contributed by atoms with Crippen molar-refractivity contribution in [2.75, 3.05) is 12.4 Å². The minimum atomic E-state index is -0.334. The lowest BCUT2D eigenvalue weighted by Gasteiger charge is -2.10. The lowest BCUT2D eigenvalue weighted by atomic mass is 10.1. The van der Waals surface area contributed by atoms with Gasteiger partial charge in [0.15, 0.2) is 5.69 Å². The van der Waals surface area contributed by atoms with Gasteiger partial charge in [-0.05, 0) is 34.0 Å². The van der Waals surface area contributed by atoms with Crippen molar-refractivity contribution < 1.29 is 13.9 Å². The standard InChI is InChI=1S/C20H18BrN3O3/c1-10(2)18-17(21)19(24-23-18)20(25)22-13-9-15-12(8-16(13)26-3)11-6-4-5-7-14(11)27-15/h4-10H,1-3H3,(H,22,25)(H,23,24). The SMILES string of the molecule is COc1cc2c(cc1NC(=O)c1n[nH]c(C(C)C)c1Br)oc1ccccc12. The number of anilines is 1. The Morgan fingerprint density at radius 3 is 2.70 bits per heavy atom. The van der Waals surface area contributed by atoms with E-state index >= 15 is 0 Å².